The summed E-state index contributed by atoms with van der Waals surface area (Å²) in [6, 6.07) is 19.6. The van der Waals surface area contributed by atoms with Crippen molar-refractivity contribution < 1.29 is 0 Å². The molecule has 3 aromatic heterocycles. The van der Waals surface area contributed by atoms with Gasteiger partial charge < -0.3 is 9.47 Å². The fourth-order valence-electron chi connectivity index (χ4n) is 3.88. The van der Waals surface area contributed by atoms with E-state index in [2.05, 4.69) is 25.5 Å². The molecule has 0 aliphatic rings. The van der Waals surface area contributed by atoms with Crippen molar-refractivity contribution in [1.82, 2.24) is 39.3 Å². The smallest absolute Gasteiger partial charge is 0.329 e. The predicted octanol–water partition coefficient (Wildman–Crippen LogP) is 1.83. The second-order valence-electron chi connectivity index (χ2n) is 7.95. The first-order chi connectivity index (χ1) is 17.0. The van der Waals surface area contributed by atoms with Crippen LogP contribution in [-0.2, 0) is 20.1 Å². The van der Waals surface area contributed by atoms with Gasteiger partial charge in [-0.1, -0.05) is 60.3 Å². The number of nitrogens with one attached hydrogen (secondary N) is 1. The minimum absolute atomic E-state index is 0.341. The van der Waals surface area contributed by atoms with Crippen LogP contribution in [0.15, 0.2) is 75.4 Å². The minimum Gasteiger partial charge on any atom is -0.341 e. The van der Waals surface area contributed by atoms with E-state index in [1.54, 1.807) is 11.7 Å². The lowest BCUT2D eigenvalue weighted by Crippen LogP contribution is -2.29. The maximum absolute atomic E-state index is 12.8. The third-order valence-electron chi connectivity index (χ3n) is 5.58. The van der Waals surface area contributed by atoms with Gasteiger partial charge in [0.25, 0.3) is 5.56 Å². The number of fused-ring (bicyclic) bond motifs is 1. The molecule has 0 atom stereocenters. The van der Waals surface area contributed by atoms with Gasteiger partial charge in [0.05, 0.1) is 5.69 Å². The van der Waals surface area contributed by atoms with Gasteiger partial charge in [0.2, 0.25) is 11.1 Å². The summed E-state index contributed by atoms with van der Waals surface area (Å²) in [6.07, 6.45) is 0. The fourth-order valence-corrected chi connectivity index (χ4v) is 4.70. The van der Waals surface area contributed by atoms with Gasteiger partial charge in [-0.05, 0) is 28.1 Å². The number of rotatable bonds is 8. The summed E-state index contributed by atoms with van der Waals surface area (Å²) in [4.78, 5) is 34.0. The van der Waals surface area contributed by atoms with Crippen molar-refractivity contribution in [3.05, 3.63) is 87.1 Å². The number of hydrogen-bond donors (Lipinski definition) is 1. The third-order valence-corrected chi connectivity index (χ3v) is 6.48. The Morgan fingerprint density at radius 1 is 1.03 bits per heavy atom. The Kier molecular flexibility index (Phi) is 6.19. The van der Waals surface area contributed by atoms with E-state index in [1.807, 2.05) is 77.2 Å². The first-order valence-electron chi connectivity index (χ1n) is 10.9. The number of hydrogen-bond acceptors (Lipinski definition) is 8. The molecule has 5 aromatic rings. The van der Waals surface area contributed by atoms with Crippen LogP contribution in [0.4, 0.5) is 5.95 Å². The zero-order valence-corrected chi connectivity index (χ0v) is 20.0. The molecule has 0 fully saturated rings. The Morgan fingerprint density at radius 2 is 1.74 bits per heavy atom. The Hall–Kier alpha value is -4.19. The van der Waals surface area contributed by atoms with Gasteiger partial charge in [-0.2, -0.15) is 9.67 Å². The molecule has 0 saturated heterocycles. The summed E-state index contributed by atoms with van der Waals surface area (Å²) in [6.45, 7) is 1.05. The normalized spacial score (nSPS) is 11.3. The second-order valence-corrected chi connectivity index (χ2v) is 9.01. The van der Waals surface area contributed by atoms with Crippen LogP contribution in [0.2, 0.25) is 0 Å². The lowest BCUT2D eigenvalue weighted by molar-refractivity contribution is 0.738. The zero-order valence-electron chi connectivity index (χ0n) is 19.2. The van der Waals surface area contributed by atoms with Gasteiger partial charge in [-0.3, -0.25) is 14.3 Å². The van der Waals surface area contributed by atoms with Crippen LogP contribution in [-0.4, -0.2) is 52.1 Å². The molecule has 3 heterocycles. The van der Waals surface area contributed by atoms with Gasteiger partial charge in [0.15, 0.2) is 11.2 Å². The standard InChI is InChI=1S/C23H23N9O2S/c1-29(15-16-9-5-3-6-10-16)21-24-19-18(20(33)25-22(34)30(19)2)31(21)13-14-35-23-26-27-28-32(23)17-11-7-4-8-12-17/h3-12H,13-15H2,1-2H3,(H,25,33,34). The molecular formula is C23H23N9O2S. The first kappa shape index (κ1) is 22.6. The van der Waals surface area contributed by atoms with E-state index >= 15 is 0 Å². The molecule has 0 spiro atoms. The minimum atomic E-state index is -0.499. The maximum Gasteiger partial charge on any atom is 0.329 e. The largest absolute Gasteiger partial charge is 0.341 e. The highest BCUT2D eigenvalue weighted by molar-refractivity contribution is 7.99. The number of tetrazole rings is 1. The number of anilines is 1. The van der Waals surface area contributed by atoms with E-state index in [1.165, 1.54) is 16.3 Å². The molecule has 2 aromatic carbocycles. The molecule has 0 bridgehead atoms. The van der Waals surface area contributed by atoms with Gasteiger partial charge >= 0.3 is 5.69 Å². The molecule has 35 heavy (non-hydrogen) atoms. The van der Waals surface area contributed by atoms with Crippen molar-refractivity contribution in [2.75, 3.05) is 17.7 Å². The molecule has 0 unspecified atom stereocenters. The monoisotopic (exact) mass is 489 g/mol. The first-order valence-corrected chi connectivity index (χ1v) is 11.9. The molecule has 12 heteroatoms. The van der Waals surface area contributed by atoms with E-state index in [4.69, 9.17) is 0 Å². The van der Waals surface area contributed by atoms with E-state index < -0.39 is 11.2 Å². The van der Waals surface area contributed by atoms with Crippen LogP contribution in [0.5, 0.6) is 0 Å². The molecule has 5 rings (SSSR count). The summed E-state index contributed by atoms with van der Waals surface area (Å²) in [5.74, 6) is 1.17. The number of H-pyrrole nitrogens is 1. The fraction of sp³-hybridized carbons (Fsp3) is 0.217. The SMILES string of the molecule is CN(Cc1ccccc1)c1nc2c(c(=O)[nH]c(=O)n2C)n1CCSc1nnnn1-c1ccccc1. The molecule has 1 N–H and O–H groups in total. The second kappa shape index (κ2) is 9.58. The zero-order chi connectivity index (χ0) is 24.4. The van der Waals surface area contributed by atoms with Crippen molar-refractivity contribution in [1.29, 1.82) is 0 Å². The number of benzene rings is 2. The molecular weight excluding hydrogens is 466 g/mol. The highest BCUT2D eigenvalue weighted by Crippen LogP contribution is 2.23. The van der Waals surface area contributed by atoms with Crippen LogP contribution >= 0.6 is 11.8 Å². The number of aryl methyl sites for hydroxylation is 2. The lowest BCUT2D eigenvalue weighted by atomic mass is 10.2. The molecule has 0 radical (unpaired) electrons. The van der Waals surface area contributed by atoms with E-state index in [0.29, 0.717) is 41.1 Å². The van der Waals surface area contributed by atoms with Gasteiger partial charge in [0.1, 0.15) is 0 Å². The molecule has 0 aliphatic carbocycles. The quantitative estimate of drug-likeness (QED) is 0.328. The van der Waals surface area contributed by atoms with Crippen molar-refractivity contribution in [2.24, 2.45) is 7.05 Å². The number of para-hydroxylation sites is 1. The summed E-state index contributed by atoms with van der Waals surface area (Å²) < 4.78 is 4.88. The summed E-state index contributed by atoms with van der Waals surface area (Å²) in [5.41, 5.74) is 1.70. The summed E-state index contributed by atoms with van der Waals surface area (Å²) in [5, 5.41) is 12.7. The topological polar surface area (TPSA) is 120 Å². The summed E-state index contributed by atoms with van der Waals surface area (Å²) in [7, 11) is 3.52. The number of aromatic nitrogens is 8. The summed E-state index contributed by atoms with van der Waals surface area (Å²) >= 11 is 1.47. The molecule has 0 amide bonds. The number of aromatic amines is 1. The number of thioether (sulfide) groups is 1. The average Bonchev–Trinajstić information content (AvgIpc) is 3.49. The van der Waals surface area contributed by atoms with Crippen LogP contribution in [0.1, 0.15) is 5.56 Å². The molecule has 0 saturated carbocycles. The Labute approximate surface area is 204 Å². The van der Waals surface area contributed by atoms with Gasteiger partial charge in [-0.25, -0.2) is 4.79 Å². The van der Waals surface area contributed by atoms with Gasteiger partial charge in [-0.15, -0.1) is 5.10 Å². The highest BCUT2D eigenvalue weighted by Gasteiger charge is 2.20. The Balaban J connectivity index is 1.47. The van der Waals surface area contributed by atoms with Gasteiger partial charge in [0, 0.05) is 32.9 Å². The molecule has 178 valence electrons. The maximum atomic E-state index is 12.8. The Bertz CT molecular complexity index is 1570. The van der Waals surface area contributed by atoms with Crippen molar-refractivity contribution in [2.45, 2.75) is 18.2 Å². The average molecular weight is 490 g/mol. The van der Waals surface area contributed by atoms with E-state index in [-0.39, 0.29) is 0 Å². The van der Waals surface area contributed by atoms with E-state index in [0.717, 1.165) is 11.3 Å². The number of imidazole rings is 1. The van der Waals surface area contributed by atoms with Crippen molar-refractivity contribution in [3.8, 4) is 5.69 Å². The van der Waals surface area contributed by atoms with Crippen molar-refractivity contribution in [3.63, 3.8) is 0 Å². The highest BCUT2D eigenvalue weighted by atomic mass is 32.2. The molecule has 11 nitrogen and oxygen atoms in total. The van der Waals surface area contributed by atoms with Crippen LogP contribution < -0.4 is 16.1 Å². The lowest BCUT2D eigenvalue weighted by Gasteiger charge is -2.20. The van der Waals surface area contributed by atoms with E-state index in [9.17, 15) is 9.59 Å². The molecule has 0 aliphatic heterocycles. The Morgan fingerprint density at radius 3 is 2.49 bits per heavy atom. The van der Waals surface area contributed by atoms with Crippen LogP contribution in [0, 0.1) is 0 Å². The predicted molar refractivity (Wildman–Crippen MR) is 134 cm³/mol. The third kappa shape index (κ3) is 4.47. The number of nitrogens with zero attached hydrogens (tertiary/aromatic N) is 8. The van der Waals surface area contributed by atoms with Crippen molar-refractivity contribution >= 4 is 28.9 Å². The van der Waals surface area contributed by atoms with Crippen LogP contribution in [0.25, 0.3) is 16.9 Å². The van der Waals surface area contributed by atoms with Crippen LogP contribution in [0.3, 0.4) is 0 Å².